The zero-order valence-electron chi connectivity index (χ0n) is 11.3. The lowest BCUT2D eigenvalue weighted by Gasteiger charge is -2.28. The van der Waals surface area contributed by atoms with Crippen LogP contribution in [-0.2, 0) is 19.1 Å². The van der Waals surface area contributed by atoms with E-state index in [2.05, 4.69) is 0 Å². The molecule has 7 nitrogen and oxygen atoms in total. The van der Waals surface area contributed by atoms with E-state index in [1.165, 1.54) is 0 Å². The molecule has 1 atom stereocenters. The van der Waals surface area contributed by atoms with Crippen LogP contribution in [0.4, 0.5) is 0 Å². The second kappa shape index (κ2) is 8.71. The van der Waals surface area contributed by atoms with Crippen molar-refractivity contribution in [3.63, 3.8) is 0 Å². The number of carbonyl (C=O) groups excluding carboxylic acids is 1. The van der Waals surface area contributed by atoms with E-state index in [1.54, 1.807) is 0 Å². The fourth-order valence-corrected chi connectivity index (χ4v) is 1.40. The van der Waals surface area contributed by atoms with Crippen molar-refractivity contribution in [3.8, 4) is 0 Å². The van der Waals surface area contributed by atoms with Crippen LogP contribution >= 0.6 is 0 Å². The number of nitrogens with zero attached hydrogens (tertiary/aromatic N) is 1. The Bertz CT molecular complexity index is 326. The van der Waals surface area contributed by atoms with Crippen LogP contribution in [0.15, 0.2) is 0 Å². The molecular weight excluding hydrogens is 278 g/mol. The smallest absolute Gasteiger partial charge is 0.307 e. The van der Waals surface area contributed by atoms with Crippen molar-refractivity contribution >= 4 is 17.9 Å². The van der Waals surface area contributed by atoms with Crippen LogP contribution in [0.5, 0.6) is 0 Å². The maximum Gasteiger partial charge on any atom is 0.307 e. The quantitative estimate of drug-likeness (QED) is 0.365. The predicted octanol–water partition coefficient (Wildman–Crippen LogP) is -3.05. The van der Waals surface area contributed by atoms with Crippen molar-refractivity contribution in [2.24, 2.45) is 0 Å². The van der Waals surface area contributed by atoms with E-state index in [0.29, 0.717) is 11.0 Å². The van der Waals surface area contributed by atoms with Crippen molar-refractivity contribution in [2.45, 2.75) is 25.4 Å². The summed E-state index contributed by atoms with van der Waals surface area (Å²) in [7, 11) is 5.54. The van der Waals surface area contributed by atoms with Gasteiger partial charge in [0.2, 0.25) is 0 Å². The van der Waals surface area contributed by atoms with Gasteiger partial charge in [-0.25, -0.2) is 0 Å². The number of hydrogen-bond donors (Lipinski definition) is 2. The van der Waals surface area contributed by atoms with Crippen molar-refractivity contribution in [1.82, 2.24) is 0 Å². The highest BCUT2D eigenvalue weighted by molar-refractivity contribution is 5.77. The third kappa shape index (κ3) is 12.9. The second-order valence-electron chi connectivity index (χ2n) is 5.08. The Balaban J connectivity index is 0. The third-order valence-corrected chi connectivity index (χ3v) is 1.99. The van der Waals surface area contributed by atoms with Crippen LogP contribution in [-0.4, -0.2) is 66.4 Å². The summed E-state index contributed by atoms with van der Waals surface area (Å²) in [5, 5.41) is 17.1. The SMILES string of the molecule is C[N+](C)(C)C[C@@H](CC(=O)O)OC(=O)CCC(=O)O.[Cl-]. The van der Waals surface area contributed by atoms with E-state index in [4.69, 9.17) is 14.9 Å². The molecule has 0 aromatic heterocycles. The number of carbonyl (C=O) groups is 3. The van der Waals surface area contributed by atoms with Gasteiger partial charge in [0.05, 0.1) is 40.4 Å². The molecule has 0 aromatic carbocycles. The van der Waals surface area contributed by atoms with Crippen LogP contribution < -0.4 is 12.4 Å². The monoisotopic (exact) mass is 297 g/mol. The molecule has 0 amide bonds. The van der Waals surface area contributed by atoms with Crippen LogP contribution in [0, 0.1) is 0 Å². The Morgan fingerprint density at radius 2 is 1.58 bits per heavy atom. The molecule has 0 radical (unpaired) electrons. The summed E-state index contributed by atoms with van der Waals surface area (Å²) in [4.78, 5) is 32.3. The van der Waals surface area contributed by atoms with Gasteiger partial charge in [0.1, 0.15) is 6.54 Å². The molecule has 0 spiro atoms. The minimum absolute atomic E-state index is 0. The Morgan fingerprint density at radius 3 is 1.95 bits per heavy atom. The Hall–Kier alpha value is -1.34. The van der Waals surface area contributed by atoms with E-state index in [-0.39, 0.29) is 31.7 Å². The maximum absolute atomic E-state index is 11.3. The van der Waals surface area contributed by atoms with Crippen LogP contribution in [0.3, 0.4) is 0 Å². The number of halogens is 1. The van der Waals surface area contributed by atoms with Crippen molar-refractivity contribution < 1.29 is 46.2 Å². The molecular formula is C11H20ClNO6. The number of carboxylic acid groups (broad SMARTS) is 2. The number of aliphatic carboxylic acids is 2. The molecule has 0 saturated carbocycles. The molecule has 2 N–H and O–H groups in total. The number of carboxylic acids is 2. The number of hydrogen-bond acceptors (Lipinski definition) is 4. The highest BCUT2D eigenvalue weighted by Crippen LogP contribution is 2.07. The summed E-state index contributed by atoms with van der Waals surface area (Å²) in [6, 6.07) is 0. The van der Waals surface area contributed by atoms with E-state index < -0.39 is 24.0 Å². The minimum Gasteiger partial charge on any atom is -1.00 e. The molecule has 112 valence electrons. The lowest BCUT2D eigenvalue weighted by Crippen LogP contribution is -3.00. The fraction of sp³-hybridized carbons (Fsp3) is 0.727. The van der Waals surface area contributed by atoms with Gasteiger partial charge >= 0.3 is 17.9 Å². The average molecular weight is 298 g/mol. The predicted molar refractivity (Wildman–Crippen MR) is 61.9 cm³/mol. The lowest BCUT2D eigenvalue weighted by molar-refractivity contribution is -0.873. The Morgan fingerprint density at radius 1 is 1.05 bits per heavy atom. The van der Waals surface area contributed by atoms with Gasteiger partial charge in [-0.3, -0.25) is 14.4 Å². The summed E-state index contributed by atoms with van der Waals surface area (Å²) < 4.78 is 5.44. The molecule has 0 aliphatic carbocycles. The number of likely N-dealkylation sites (N-methyl/N-ethyl adjacent to an activating group) is 1. The van der Waals surface area contributed by atoms with Gasteiger partial charge in [-0.05, 0) is 0 Å². The van der Waals surface area contributed by atoms with E-state index in [1.807, 2.05) is 21.1 Å². The van der Waals surface area contributed by atoms with Crippen LogP contribution in [0.2, 0.25) is 0 Å². The molecule has 19 heavy (non-hydrogen) atoms. The molecule has 0 aromatic rings. The lowest BCUT2D eigenvalue weighted by atomic mass is 10.2. The topological polar surface area (TPSA) is 101 Å². The summed E-state index contributed by atoms with van der Waals surface area (Å²) in [6.07, 6.45) is -1.59. The Labute approximate surface area is 118 Å². The third-order valence-electron chi connectivity index (χ3n) is 1.99. The molecule has 0 fully saturated rings. The van der Waals surface area contributed by atoms with Gasteiger partial charge in [-0.1, -0.05) is 0 Å². The average Bonchev–Trinajstić information content (AvgIpc) is 2.10. The zero-order chi connectivity index (χ0) is 14.3. The molecule has 0 heterocycles. The molecule has 0 saturated heterocycles. The van der Waals surface area contributed by atoms with Gasteiger partial charge in [0, 0.05) is 0 Å². The van der Waals surface area contributed by atoms with Crippen LogP contribution in [0.1, 0.15) is 19.3 Å². The number of quaternary nitrogens is 1. The molecule has 0 bridgehead atoms. The van der Waals surface area contributed by atoms with Gasteiger partial charge in [0.15, 0.2) is 6.10 Å². The first-order valence-electron chi connectivity index (χ1n) is 5.53. The first-order chi connectivity index (χ1) is 8.10. The molecule has 0 rings (SSSR count). The molecule has 0 aliphatic heterocycles. The van der Waals surface area contributed by atoms with Crippen molar-refractivity contribution in [1.29, 1.82) is 0 Å². The molecule has 0 aliphatic rings. The van der Waals surface area contributed by atoms with Gasteiger partial charge in [-0.15, -0.1) is 0 Å². The fourth-order valence-electron chi connectivity index (χ4n) is 1.40. The van der Waals surface area contributed by atoms with E-state index in [0.717, 1.165) is 0 Å². The Kier molecular flexibility index (Phi) is 9.16. The molecule has 0 unspecified atom stereocenters. The highest BCUT2D eigenvalue weighted by Gasteiger charge is 2.24. The van der Waals surface area contributed by atoms with Gasteiger partial charge < -0.3 is 31.8 Å². The number of ether oxygens (including phenoxy) is 1. The first kappa shape index (κ1) is 20.0. The minimum atomic E-state index is -1.09. The maximum atomic E-state index is 11.3. The number of esters is 1. The highest BCUT2D eigenvalue weighted by atomic mass is 35.5. The summed E-state index contributed by atoms with van der Waals surface area (Å²) >= 11 is 0. The van der Waals surface area contributed by atoms with E-state index >= 15 is 0 Å². The first-order valence-corrected chi connectivity index (χ1v) is 5.53. The molecule has 8 heteroatoms. The zero-order valence-corrected chi connectivity index (χ0v) is 12.0. The van der Waals surface area contributed by atoms with Crippen molar-refractivity contribution in [2.75, 3.05) is 27.7 Å². The summed E-state index contributed by atoms with van der Waals surface area (Å²) in [6.45, 7) is 0.352. The van der Waals surface area contributed by atoms with Gasteiger partial charge in [0.25, 0.3) is 0 Å². The second-order valence-corrected chi connectivity index (χ2v) is 5.08. The van der Waals surface area contributed by atoms with Crippen molar-refractivity contribution in [3.05, 3.63) is 0 Å². The largest absolute Gasteiger partial charge is 1.00 e. The standard InChI is InChI=1S/C11H19NO6.ClH/c1-12(2,3)7-8(6-10(15)16)18-11(17)5-4-9(13)14;/h8H,4-7H2,1-3H3,(H-,13,14,15,16);1H/t8-;/m1./s1. The van der Waals surface area contributed by atoms with E-state index in [9.17, 15) is 14.4 Å². The van der Waals surface area contributed by atoms with Gasteiger partial charge in [-0.2, -0.15) is 0 Å². The number of rotatable bonds is 8. The summed E-state index contributed by atoms with van der Waals surface area (Å²) in [5.74, 6) is -2.83. The van der Waals surface area contributed by atoms with Crippen LogP contribution in [0.25, 0.3) is 0 Å². The normalized spacial score (nSPS) is 12.2. The summed E-state index contributed by atoms with van der Waals surface area (Å²) in [5.41, 5.74) is 0.